The summed E-state index contributed by atoms with van der Waals surface area (Å²) in [6.07, 6.45) is 2.99. The molecule has 0 spiro atoms. The first-order chi connectivity index (χ1) is 9.58. The Balaban J connectivity index is 1.85. The van der Waals surface area contributed by atoms with Gasteiger partial charge >= 0.3 is 0 Å². The maximum atomic E-state index is 13.1. The molecule has 2 atom stereocenters. The average Bonchev–Trinajstić information content (AvgIpc) is 2.37. The average molecular weight is 282 g/mol. The van der Waals surface area contributed by atoms with Crippen LogP contribution in [-0.4, -0.2) is 36.6 Å². The van der Waals surface area contributed by atoms with Gasteiger partial charge in [-0.3, -0.25) is 0 Å². The van der Waals surface area contributed by atoms with Crippen LogP contribution < -0.4 is 5.32 Å². The van der Waals surface area contributed by atoms with Crippen LogP contribution in [0.3, 0.4) is 0 Å². The summed E-state index contributed by atoms with van der Waals surface area (Å²) in [6, 6.07) is 4.91. The zero-order valence-electron chi connectivity index (χ0n) is 12.3. The lowest BCUT2D eigenvalue weighted by molar-refractivity contribution is 0.138. The van der Waals surface area contributed by atoms with Gasteiger partial charge in [-0.25, -0.2) is 8.78 Å². The van der Waals surface area contributed by atoms with Crippen molar-refractivity contribution >= 4 is 0 Å². The molecule has 2 unspecified atom stereocenters. The van der Waals surface area contributed by atoms with Gasteiger partial charge in [-0.05, 0) is 57.0 Å². The zero-order chi connectivity index (χ0) is 14.5. The van der Waals surface area contributed by atoms with Crippen LogP contribution in [0.15, 0.2) is 18.2 Å². The van der Waals surface area contributed by atoms with Crippen molar-refractivity contribution in [3.8, 4) is 0 Å². The van der Waals surface area contributed by atoms with E-state index in [2.05, 4.69) is 24.1 Å². The van der Waals surface area contributed by atoms with E-state index in [1.807, 2.05) is 0 Å². The molecule has 112 valence electrons. The van der Waals surface area contributed by atoms with E-state index in [0.29, 0.717) is 18.5 Å². The van der Waals surface area contributed by atoms with Crippen molar-refractivity contribution in [2.24, 2.45) is 0 Å². The summed E-state index contributed by atoms with van der Waals surface area (Å²) >= 11 is 0. The summed E-state index contributed by atoms with van der Waals surface area (Å²) in [5.74, 6) is -0.974. The van der Waals surface area contributed by atoms with E-state index < -0.39 is 11.6 Å². The molecular weight excluding hydrogens is 258 g/mol. The van der Waals surface area contributed by atoms with Crippen LogP contribution in [0.2, 0.25) is 0 Å². The van der Waals surface area contributed by atoms with E-state index in [0.717, 1.165) is 44.1 Å². The number of hydrogen-bond donors (Lipinski definition) is 1. The molecule has 1 N–H and O–H groups in total. The highest BCUT2D eigenvalue weighted by atomic mass is 19.1. The molecule has 1 heterocycles. The molecule has 20 heavy (non-hydrogen) atoms. The van der Waals surface area contributed by atoms with Crippen LogP contribution in [0.4, 0.5) is 8.78 Å². The Labute approximate surface area is 120 Å². The maximum absolute atomic E-state index is 13.1. The van der Waals surface area contributed by atoms with E-state index >= 15 is 0 Å². The lowest BCUT2D eigenvalue weighted by Gasteiger charge is -2.38. The molecular formula is C16H24F2N2. The quantitative estimate of drug-likeness (QED) is 0.893. The Morgan fingerprint density at radius 3 is 2.55 bits per heavy atom. The van der Waals surface area contributed by atoms with Crippen molar-refractivity contribution in [3.05, 3.63) is 35.4 Å². The zero-order valence-corrected chi connectivity index (χ0v) is 12.3. The highest BCUT2D eigenvalue weighted by molar-refractivity contribution is 5.18. The fraction of sp³-hybridized carbons (Fsp3) is 0.625. The SMILES string of the molecule is CCNC1CCN(CCc2cc(F)cc(F)c2)C(C)C1. The van der Waals surface area contributed by atoms with Gasteiger partial charge in [0.05, 0.1) is 0 Å². The number of halogens is 2. The van der Waals surface area contributed by atoms with Gasteiger partial charge in [0.25, 0.3) is 0 Å². The third-order valence-corrected chi connectivity index (χ3v) is 4.12. The Hall–Kier alpha value is -1.00. The van der Waals surface area contributed by atoms with E-state index in [1.165, 1.54) is 12.1 Å². The molecule has 4 heteroatoms. The van der Waals surface area contributed by atoms with Crippen molar-refractivity contribution in [1.29, 1.82) is 0 Å². The van der Waals surface area contributed by atoms with E-state index in [9.17, 15) is 8.78 Å². The minimum Gasteiger partial charge on any atom is -0.314 e. The molecule has 1 aliphatic heterocycles. The standard InChI is InChI=1S/C16H24F2N2/c1-3-19-16-5-7-20(12(2)8-16)6-4-13-9-14(17)11-15(18)10-13/h9-12,16,19H,3-8H2,1-2H3. The lowest BCUT2D eigenvalue weighted by Crippen LogP contribution is -2.47. The Morgan fingerprint density at radius 1 is 1.25 bits per heavy atom. The third kappa shape index (κ3) is 4.25. The second kappa shape index (κ2) is 7.14. The molecule has 1 aliphatic rings. The van der Waals surface area contributed by atoms with Crippen LogP contribution in [0, 0.1) is 11.6 Å². The highest BCUT2D eigenvalue weighted by Gasteiger charge is 2.24. The molecule has 0 saturated carbocycles. The fourth-order valence-corrected chi connectivity index (χ4v) is 3.05. The van der Waals surface area contributed by atoms with Crippen molar-refractivity contribution in [2.75, 3.05) is 19.6 Å². The Kier molecular flexibility index (Phi) is 5.49. The molecule has 1 aromatic carbocycles. The number of likely N-dealkylation sites (tertiary alicyclic amines) is 1. The summed E-state index contributed by atoms with van der Waals surface area (Å²) in [4.78, 5) is 2.41. The topological polar surface area (TPSA) is 15.3 Å². The third-order valence-electron chi connectivity index (χ3n) is 4.12. The predicted molar refractivity (Wildman–Crippen MR) is 77.8 cm³/mol. The molecule has 0 radical (unpaired) electrons. The van der Waals surface area contributed by atoms with Crippen LogP contribution >= 0.6 is 0 Å². The van der Waals surface area contributed by atoms with Crippen molar-refractivity contribution < 1.29 is 8.78 Å². The molecule has 2 rings (SSSR count). The maximum Gasteiger partial charge on any atom is 0.126 e. The fourth-order valence-electron chi connectivity index (χ4n) is 3.05. The highest BCUT2D eigenvalue weighted by Crippen LogP contribution is 2.18. The Bertz CT molecular complexity index is 416. The van der Waals surface area contributed by atoms with Crippen LogP contribution in [-0.2, 0) is 6.42 Å². The van der Waals surface area contributed by atoms with Crippen molar-refractivity contribution in [1.82, 2.24) is 10.2 Å². The summed E-state index contributed by atoms with van der Waals surface area (Å²) in [7, 11) is 0. The summed E-state index contributed by atoms with van der Waals surface area (Å²) in [6.45, 7) is 7.30. The molecule has 0 amide bonds. The van der Waals surface area contributed by atoms with Gasteiger partial charge in [0.1, 0.15) is 11.6 Å². The number of nitrogens with one attached hydrogen (secondary N) is 1. The van der Waals surface area contributed by atoms with E-state index in [-0.39, 0.29) is 0 Å². The van der Waals surface area contributed by atoms with Crippen molar-refractivity contribution in [3.63, 3.8) is 0 Å². The molecule has 1 saturated heterocycles. The lowest BCUT2D eigenvalue weighted by atomic mass is 9.97. The molecule has 2 nitrogen and oxygen atoms in total. The predicted octanol–water partition coefficient (Wildman–Crippen LogP) is 2.97. The number of hydrogen-bond acceptors (Lipinski definition) is 2. The van der Waals surface area contributed by atoms with Crippen LogP contribution in [0.25, 0.3) is 0 Å². The second-order valence-electron chi connectivity index (χ2n) is 5.69. The second-order valence-corrected chi connectivity index (χ2v) is 5.69. The molecule has 1 aromatic rings. The van der Waals surface area contributed by atoms with Gasteiger partial charge in [0.2, 0.25) is 0 Å². The van der Waals surface area contributed by atoms with Gasteiger partial charge in [-0.2, -0.15) is 0 Å². The smallest absolute Gasteiger partial charge is 0.126 e. The first kappa shape index (κ1) is 15.4. The van der Waals surface area contributed by atoms with E-state index in [1.54, 1.807) is 0 Å². The Morgan fingerprint density at radius 2 is 1.95 bits per heavy atom. The normalized spacial score (nSPS) is 24.0. The summed E-state index contributed by atoms with van der Waals surface area (Å²) in [5.41, 5.74) is 0.739. The largest absolute Gasteiger partial charge is 0.314 e. The molecule has 1 fully saturated rings. The number of piperidine rings is 1. The van der Waals surface area contributed by atoms with Crippen LogP contribution in [0.5, 0.6) is 0 Å². The van der Waals surface area contributed by atoms with Crippen LogP contribution in [0.1, 0.15) is 32.3 Å². The molecule has 0 aromatic heterocycles. The first-order valence-corrected chi connectivity index (χ1v) is 7.51. The van der Waals surface area contributed by atoms with Gasteiger partial charge in [0.15, 0.2) is 0 Å². The van der Waals surface area contributed by atoms with Gasteiger partial charge in [0, 0.05) is 24.7 Å². The van der Waals surface area contributed by atoms with Crippen molar-refractivity contribution in [2.45, 2.75) is 45.2 Å². The minimum absolute atomic E-state index is 0.487. The van der Waals surface area contributed by atoms with Gasteiger partial charge in [-0.1, -0.05) is 6.92 Å². The van der Waals surface area contributed by atoms with Gasteiger partial charge < -0.3 is 10.2 Å². The molecule has 0 aliphatic carbocycles. The number of benzene rings is 1. The molecule has 0 bridgehead atoms. The van der Waals surface area contributed by atoms with E-state index in [4.69, 9.17) is 0 Å². The minimum atomic E-state index is -0.487. The summed E-state index contributed by atoms with van der Waals surface area (Å²) < 4.78 is 26.3. The number of nitrogens with zero attached hydrogens (tertiary/aromatic N) is 1. The monoisotopic (exact) mass is 282 g/mol. The first-order valence-electron chi connectivity index (χ1n) is 7.51. The summed E-state index contributed by atoms with van der Waals surface area (Å²) in [5, 5.41) is 3.50. The van der Waals surface area contributed by atoms with Gasteiger partial charge in [-0.15, -0.1) is 0 Å². The number of rotatable bonds is 5.